The summed E-state index contributed by atoms with van der Waals surface area (Å²) in [7, 11) is 0. The molecule has 3 atom stereocenters. The Hall–Kier alpha value is -0.830. The van der Waals surface area contributed by atoms with Crippen molar-refractivity contribution >= 4 is 5.97 Å². The lowest BCUT2D eigenvalue weighted by Crippen LogP contribution is -2.30. The van der Waals surface area contributed by atoms with Gasteiger partial charge in [-0.25, -0.2) is 0 Å². The van der Waals surface area contributed by atoms with Crippen LogP contribution in [0, 0.1) is 23.7 Å². The number of ether oxygens (including phenoxy) is 2. The topological polar surface area (TPSA) is 35.5 Å². The third kappa shape index (κ3) is 2.03. The van der Waals surface area contributed by atoms with Gasteiger partial charge in [0.15, 0.2) is 6.79 Å². The molecule has 0 spiro atoms. The first kappa shape index (κ1) is 12.0. The van der Waals surface area contributed by atoms with E-state index in [1.807, 2.05) is 0 Å². The Morgan fingerprint density at radius 1 is 1.21 bits per heavy atom. The maximum Gasteiger partial charge on any atom is 0.311 e. The first-order chi connectivity index (χ1) is 9.24. The Morgan fingerprint density at radius 3 is 2.63 bits per heavy atom. The van der Waals surface area contributed by atoms with E-state index in [1.165, 1.54) is 19.3 Å². The van der Waals surface area contributed by atoms with E-state index >= 15 is 0 Å². The van der Waals surface area contributed by atoms with Gasteiger partial charge >= 0.3 is 5.97 Å². The molecule has 0 N–H and O–H groups in total. The normalized spacial score (nSPS) is 46.1. The van der Waals surface area contributed by atoms with Gasteiger partial charge in [-0.05, 0) is 62.7 Å². The van der Waals surface area contributed by atoms with Crippen LogP contribution in [-0.2, 0) is 14.3 Å². The summed E-state index contributed by atoms with van der Waals surface area (Å²) < 4.78 is 11.3. The van der Waals surface area contributed by atoms with Crippen molar-refractivity contribution in [1.29, 1.82) is 0 Å². The number of esters is 1. The highest BCUT2D eigenvalue weighted by Gasteiger charge is 2.46. The number of allylic oxidation sites excluding steroid dienone is 2. The van der Waals surface area contributed by atoms with E-state index in [9.17, 15) is 4.79 Å². The van der Waals surface area contributed by atoms with Gasteiger partial charge in [-0.15, -0.1) is 0 Å². The van der Waals surface area contributed by atoms with E-state index in [0.717, 1.165) is 31.6 Å². The summed E-state index contributed by atoms with van der Waals surface area (Å²) in [6.07, 6.45) is 12.7. The molecule has 0 aromatic rings. The van der Waals surface area contributed by atoms with E-state index in [-0.39, 0.29) is 24.3 Å². The van der Waals surface area contributed by atoms with Gasteiger partial charge in [-0.1, -0.05) is 12.2 Å². The molecule has 19 heavy (non-hydrogen) atoms. The maximum absolute atomic E-state index is 12.1. The molecular formula is C16H22O3. The molecule has 3 saturated carbocycles. The Bertz CT molecular complexity index is 406. The summed E-state index contributed by atoms with van der Waals surface area (Å²) in [6, 6.07) is 0. The fourth-order valence-corrected chi connectivity index (χ4v) is 4.71. The highest BCUT2D eigenvalue weighted by atomic mass is 16.7. The van der Waals surface area contributed by atoms with Crippen LogP contribution in [-0.4, -0.2) is 18.4 Å². The zero-order valence-corrected chi connectivity index (χ0v) is 11.3. The Balaban J connectivity index is 1.27. The van der Waals surface area contributed by atoms with Gasteiger partial charge in [0.1, 0.15) is 0 Å². The molecule has 4 bridgehead atoms. The minimum Gasteiger partial charge on any atom is -0.438 e. The van der Waals surface area contributed by atoms with Crippen LogP contribution in [0.15, 0.2) is 12.2 Å². The van der Waals surface area contributed by atoms with Gasteiger partial charge < -0.3 is 9.47 Å². The van der Waals surface area contributed by atoms with Crippen LogP contribution in [0.25, 0.3) is 0 Å². The van der Waals surface area contributed by atoms with Gasteiger partial charge in [-0.2, -0.15) is 0 Å². The second-order valence-electron chi connectivity index (χ2n) is 6.94. The van der Waals surface area contributed by atoms with Crippen LogP contribution in [0.3, 0.4) is 0 Å². The van der Waals surface area contributed by atoms with Crippen molar-refractivity contribution in [2.45, 2.75) is 50.5 Å². The lowest BCUT2D eigenvalue weighted by atomic mass is 9.94. The van der Waals surface area contributed by atoms with Gasteiger partial charge in [0.05, 0.1) is 11.5 Å². The molecule has 0 aliphatic heterocycles. The van der Waals surface area contributed by atoms with Crippen LogP contribution in [0.4, 0.5) is 0 Å². The van der Waals surface area contributed by atoms with Gasteiger partial charge in [0.25, 0.3) is 0 Å². The third-order valence-electron chi connectivity index (χ3n) is 5.83. The largest absolute Gasteiger partial charge is 0.438 e. The van der Waals surface area contributed by atoms with Crippen LogP contribution in [0.1, 0.15) is 44.9 Å². The second kappa shape index (κ2) is 4.34. The van der Waals surface area contributed by atoms with Crippen LogP contribution in [0.5, 0.6) is 0 Å². The molecule has 0 radical (unpaired) electrons. The van der Waals surface area contributed by atoms with E-state index < -0.39 is 0 Å². The fraction of sp³-hybridized carbons (Fsp3) is 0.812. The van der Waals surface area contributed by atoms with Crippen molar-refractivity contribution < 1.29 is 14.3 Å². The molecule has 0 heterocycles. The molecule has 0 saturated heterocycles. The molecule has 3 heteroatoms. The van der Waals surface area contributed by atoms with Crippen molar-refractivity contribution in [2.75, 3.05) is 6.79 Å². The number of carbonyl (C=O) groups is 1. The first-order valence-corrected chi connectivity index (χ1v) is 7.73. The standard InChI is InChI=1S/C16H22O3/c17-15(14-8-12-1-2-13(14)7-12)18-10-19-16-5-3-11(9-16)4-6-16/h1-2,11-14H,3-10H2. The zero-order chi connectivity index (χ0) is 12.9. The van der Waals surface area contributed by atoms with Crippen molar-refractivity contribution in [1.82, 2.24) is 0 Å². The number of rotatable bonds is 4. The minimum atomic E-state index is -0.0409. The Labute approximate surface area is 114 Å². The molecule has 0 aromatic heterocycles. The van der Waals surface area contributed by atoms with Crippen molar-refractivity contribution in [2.24, 2.45) is 23.7 Å². The summed E-state index contributed by atoms with van der Waals surface area (Å²) in [5.74, 6) is 1.97. The number of carbonyl (C=O) groups excluding carboxylic acids is 1. The van der Waals surface area contributed by atoms with Crippen LogP contribution >= 0.6 is 0 Å². The van der Waals surface area contributed by atoms with E-state index in [1.54, 1.807) is 0 Å². The average Bonchev–Trinajstić information content (AvgIpc) is 3.18. The summed E-state index contributed by atoms with van der Waals surface area (Å²) in [4.78, 5) is 12.1. The molecule has 4 aliphatic rings. The summed E-state index contributed by atoms with van der Waals surface area (Å²) in [5, 5.41) is 0. The molecule has 4 aliphatic carbocycles. The molecule has 104 valence electrons. The van der Waals surface area contributed by atoms with Gasteiger partial charge in [0.2, 0.25) is 0 Å². The number of fused-ring (bicyclic) bond motifs is 4. The van der Waals surface area contributed by atoms with E-state index in [4.69, 9.17) is 9.47 Å². The smallest absolute Gasteiger partial charge is 0.311 e. The summed E-state index contributed by atoms with van der Waals surface area (Å²) in [5.41, 5.74) is 0.0551. The van der Waals surface area contributed by atoms with E-state index in [0.29, 0.717) is 11.8 Å². The fourth-order valence-electron chi connectivity index (χ4n) is 4.71. The Morgan fingerprint density at radius 2 is 2.05 bits per heavy atom. The maximum atomic E-state index is 12.1. The van der Waals surface area contributed by atoms with Crippen LogP contribution < -0.4 is 0 Å². The third-order valence-corrected chi connectivity index (χ3v) is 5.83. The lowest BCUT2D eigenvalue weighted by molar-refractivity contribution is -0.177. The SMILES string of the molecule is O=C(OCOC12CCC(CC1)C2)C1CC2C=CC1C2. The predicted molar refractivity (Wildman–Crippen MR) is 70.2 cm³/mol. The number of hydrogen-bond acceptors (Lipinski definition) is 3. The average molecular weight is 262 g/mol. The van der Waals surface area contributed by atoms with Crippen molar-refractivity contribution in [3.05, 3.63) is 12.2 Å². The quantitative estimate of drug-likeness (QED) is 0.444. The lowest BCUT2D eigenvalue weighted by Gasteiger charge is -2.27. The van der Waals surface area contributed by atoms with Crippen molar-refractivity contribution in [3.63, 3.8) is 0 Å². The van der Waals surface area contributed by atoms with E-state index in [2.05, 4.69) is 12.2 Å². The predicted octanol–water partition coefficient (Wildman–Crippen LogP) is 3.05. The minimum absolute atomic E-state index is 0.0409. The molecule has 4 rings (SSSR count). The molecule has 3 fully saturated rings. The Kier molecular flexibility index (Phi) is 2.73. The van der Waals surface area contributed by atoms with Gasteiger partial charge in [0, 0.05) is 0 Å². The molecular weight excluding hydrogens is 240 g/mol. The first-order valence-electron chi connectivity index (χ1n) is 7.73. The summed E-state index contributed by atoms with van der Waals surface area (Å²) in [6.45, 7) is 0.170. The zero-order valence-electron chi connectivity index (χ0n) is 11.3. The molecule has 3 unspecified atom stereocenters. The highest BCUT2D eigenvalue weighted by Crippen LogP contribution is 2.50. The summed E-state index contributed by atoms with van der Waals surface area (Å²) >= 11 is 0. The van der Waals surface area contributed by atoms with Crippen molar-refractivity contribution in [3.8, 4) is 0 Å². The highest BCUT2D eigenvalue weighted by molar-refractivity contribution is 5.74. The molecule has 0 aromatic carbocycles. The number of hydrogen-bond donors (Lipinski definition) is 0. The molecule has 3 nitrogen and oxygen atoms in total. The second-order valence-corrected chi connectivity index (χ2v) is 6.94. The monoisotopic (exact) mass is 262 g/mol. The van der Waals surface area contributed by atoms with Gasteiger partial charge in [-0.3, -0.25) is 4.79 Å². The van der Waals surface area contributed by atoms with Crippen LogP contribution in [0.2, 0.25) is 0 Å². The molecule has 0 amide bonds.